The van der Waals surface area contributed by atoms with Crippen molar-refractivity contribution < 1.29 is 9.47 Å². The number of anilines is 2. The van der Waals surface area contributed by atoms with Crippen LogP contribution in [-0.2, 0) is 0 Å². The van der Waals surface area contributed by atoms with E-state index in [-0.39, 0.29) is 12.4 Å². The molecule has 0 amide bonds. The van der Waals surface area contributed by atoms with E-state index in [1.807, 2.05) is 36.4 Å². The third-order valence-electron chi connectivity index (χ3n) is 2.83. The molecule has 4 N–H and O–H groups in total. The molecule has 0 aliphatic carbocycles. The monoisotopic (exact) mass is 280 g/mol. The summed E-state index contributed by atoms with van der Waals surface area (Å²) in [5, 5.41) is 0. The van der Waals surface area contributed by atoms with Gasteiger partial charge in [-0.15, -0.1) is 12.4 Å². The predicted molar refractivity (Wildman–Crippen MR) is 81.1 cm³/mol. The van der Waals surface area contributed by atoms with Crippen LogP contribution in [0.15, 0.2) is 36.4 Å². The van der Waals surface area contributed by atoms with E-state index in [0.717, 1.165) is 11.1 Å². The molecule has 0 radical (unpaired) electrons. The third kappa shape index (κ3) is 2.69. The first-order valence-corrected chi connectivity index (χ1v) is 5.54. The Bertz CT molecular complexity index is 573. The lowest BCUT2D eigenvalue weighted by molar-refractivity contribution is 0.356. The van der Waals surface area contributed by atoms with Crippen LogP contribution in [0.4, 0.5) is 11.4 Å². The summed E-state index contributed by atoms with van der Waals surface area (Å²) in [6.45, 7) is 0. The summed E-state index contributed by atoms with van der Waals surface area (Å²) in [4.78, 5) is 0. The zero-order valence-electron chi connectivity index (χ0n) is 10.8. The van der Waals surface area contributed by atoms with Crippen molar-refractivity contribution in [3.05, 3.63) is 36.4 Å². The number of hydrogen-bond acceptors (Lipinski definition) is 4. The number of nitrogens with two attached hydrogens (primary N) is 2. The van der Waals surface area contributed by atoms with Gasteiger partial charge in [0.2, 0.25) is 0 Å². The molecule has 0 aliphatic heterocycles. The van der Waals surface area contributed by atoms with Crippen molar-refractivity contribution in [1.29, 1.82) is 0 Å². The molecule has 0 fully saturated rings. The zero-order valence-corrected chi connectivity index (χ0v) is 11.7. The molecule has 0 aliphatic rings. The molecule has 0 unspecified atom stereocenters. The van der Waals surface area contributed by atoms with E-state index in [1.54, 1.807) is 14.2 Å². The molecule has 2 rings (SSSR count). The summed E-state index contributed by atoms with van der Waals surface area (Å²) in [6, 6.07) is 11.3. The maximum atomic E-state index is 6.11. The second-order valence-corrected chi connectivity index (χ2v) is 3.85. The Morgan fingerprint density at radius 1 is 0.842 bits per heavy atom. The van der Waals surface area contributed by atoms with Crippen LogP contribution >= 0.6 is 12.4 Å². The smallest absolute Gasteiger partial charge is 0.184 e. The van der Waals surface area contributed by atoms with Crippen molar-refractivity contribution in [3.63, 3.8) is 0 Å². The molecule has 0 atom stereocenters. The average Bonchev–Trinajstić information content (AvgIpc) is 2.39. The van der Waals surface area contributed by atoms with Crippen molar-refractivity contribution in [3.8, 4) is 22.6 Å². The second-order valence-electron chi connectivity index (χ2n) is 3.85. The summed E-state index contributed by atoms with van der Waals surface area (Å²) in [6.07, 6.45) is 0. The quantitative estimate of drug-likeness (QED) is 0.848. The number of methoxy groups -OCH3 is 2. The Labute approximate surface area is 118 Å². The minimum atomic E-state index is 0. The lowest BCUT2D eigenvalue weighted by Gasteiger charge is -2.15. The summed E-state index contributed by atoms with van der Waals surface area (Å²) >= 11 is 0. The number of halogens is 1. The molecule has 2 aromatic rings. The van der Waals surface area contributed by atoms with Crippen LogP contribution in [-0.4, -0.2) is 14.2 Å². The van der Waals surface area contributed by atoms with E-state index in [9.17, 15) is 0 Å². The van der Waals surface area contributed by atoms with Gasteiger partial charge in [-0.25, -0.2) is 0 Å². The molecule has 5 heteroatoms. The van der Waals surface area contributed by atoms with Crippen LogP contribution in [0.5, 0.6) is 11.5 Å². The van der Waals surface area contributed by atoms with E-state index in [1.165, 1.54) is 0 Å². The fraction of sp³-hybridized carbons (Fsp3) is 0.143. The van der Waals surface area contributed by atoms with E-state index in [0.29, 0.717) is 22.9 Å². The standard InChI is InChI=1S/C14H16N2O2.ClH/c1-17-12-8-7-10(13(16)14(12)18-2)9-5-3-4-6-11(9)15;/h3-8H,15-16H2,1-2H3;1H. The van der Waals surface area contributed by atoms with Crippen molar-refractivity contribution in [2.45, 2.75) is 0 Å². The summed E-state index contributed by atoms with van der Waals surface area (Å²) in [5.74, 6) is 1.13. The third-order valence-corrected chi connectivity index (χ3v) is 2.83. The minimum absolute atomic E-state index is 0. The zero-order chi connectivity index (χ0) is 13.1. The highest BCUT2D eigenvalue weighted by atomic mass is 35.5. The van der Waals surface area contributed by atoms with E-state index >= 15 is 0 Å². The average molecular weight is 281 g/mol. The molecule has 4 nitrogen and oxygen atoms in total. The van der Waals surface area contributed by atoms with E-state index < -0.39 is 0 Å². The minimum Gasteiger partial charge on any atom is -0.493 e. The Hall–Kier alpha value is -2.07. The normalized spacial score (nSPS) is 9.58. The highest BCUT2D eigenvalue weighted by Crippen LogP contribution is 2.41. The van der Waals surface area contributed by atoms with Gasteiger partial charge in [0.15, 0.2) is 11.5 Å². The maximum absolute atomic E-state index is 6.11. The topological polar surface area (TPSA) is 70.5 Å². The van der Waals surface area contributed by atoms with E-state index in [4.69, 9.17) is 20.9 Å². The number of hydrogen-bond donors (Lipinski definition) is 2. The SMILES string of the molecule is COc1ccc(-c2ccccc2N)c(N)c1OC.Cl. The molecule has 0 heterocycles. The fourth-order valence-electron chi connectivity index (χ4n) is 1.93. The van der Waals surface area contributed by atoms with Gasteiger partial charge >= 0.3 is 0 Å². The van der Waals surface area contributed by atoms with Gasteiger partial charge in [0.05, 0.1) is 19.9 Å². The van der Waals surface area contributed by atoms with Crippen LogP contribution in [0, 0.1) is 0 Å². The van der Waals surface area contributed by atoms with Gasteiger partial charge in [0.25, 0.3) is 0 Å². The van der Waals surface area contributed by atoms with Gasteiger partial charge in [-0.3, -0.25) is 0 Å². The van der Waals surface area contributed by atoms with Crippen molar-refractivity contribution in [2.75, 3.05) is 25.7 Å². The molecule has 19 heavy (non-hydrogen) atoms. The Kier molecular flexibility index (Phi) is 4.89. The van der Waals surface area contributed by atoms with Crippen LogP contribution in [0.1, 0.15) is 0 Å². The van der Waals surface area contributed by atoms with Crippen LogP contribution < -0.4 is 20.9 Å². The summed E-state index contributed by atoms with van der Waals surface area (Å²) in [7, 11) is 3.14. The summed E-state index contributed by atoms with van der Waals surface area (Å²) in [5.41, 5.74) is 15.0. The summed E-state index contributed by atoms with van der Waals surface area (Å²) < 4.78 is 10.5. The molecule has 0 bridgehead atoms. The van der Waals surface area contributed by atoms with Crippen LogP contribution in [0.25, 0.3) is 11.1 Å². The molecule has 0 aromatic heterocycles. The molecule has 102 valence electrons. The number of nitrogen functional groups attached to an aromatic ring is 2. The van der Waals surface area contributed by atoms with Crippen molar-refractivity contribution in [2.24, 2.45) is 0 Å². The number of para-hydroxylation sites is 1. The van der Waals surface area contributed by atoms with Gasteiger partial charge in [-0.1, -0.05) is 18.2 Å². The van der Waals surface area contributed by atoms with Gasteiger partial charge in [-0.05, 0) is 18.2 Å². The molecule has 0 spiro atoms. The van der Waals surface area contributed by atoms with Crippen molar-refractivity contribution >= 4 is 23.8 Å². The first-order valence-electron chi connectivity index (χ1n) is 5.54. The first kappa shape index (κ1) is 15.0. The second kappa shape index (κ2) is 6.20. The molecular weight excluding hydrogens is 264 g/mol. The lowest BCUT2D eigenvalue weighted by atomic mass is 10.0. The van der Waals surface area contributed by atoms with Gasteiger partial charge in [0, 0.05) is 16.8 Å². The fourth-order valence-corrected chi connectivity index (χ4v) is 1.93. The first-order chi connectivity index (χ1) is 8.69. The van der Waals surface area contributed by atoms with Crippen LogP contribution in [0.2, 0.25) is 0 Å². The number of rotatable bonds is 3. The van der Waals surface area contributed by atoms with Crippen molar-refractivity contribution in [1.82, 2.24) is 0 Å². The molecule has 0 saturated heterocycles. The predicted octanol–water partition coefficient (Wildman–Crippen LogP) is 2.96. The Morgan fingerprint density at radius 2 is 1.53 bits per heavy atom. The number of benzene rings is 2. The maximum Gasteiger partial charge on any atom is 0.184 e. The lowest BCUT2D eigenvalue weighted by Crippen LogP contribution is -1.99. The van der Waals surface area contributed by atoms with Crippen LogP contribution in [0.3, 0.4) is 0 Å². The highest BCUT2D eigenvalue weighted by Gasteiger charge is 2.14. The molecule has 2 aromatic carbocycles. The molecular formula is C14H17ClN2O2. The highest BCUT2D eigenvalue weighted by molar-refractivity contribution is 5.88. The van der Waals surface area contributed by atoms with Gasteiger partial charge in [-0.2, -0.15) is 0 Å². The van der Waals surface area contributed by atoms with Gasteiger partial charge < -0.3 is 20.9 Å². The Balaban J connectivity index is 0.00000180. The van der Waals surface area contributed by atoms with E-state index in [2.05, 4.69) is 0 Å². The molecule has 0 saturated carbocycles. The number of ether oxygens (including phenoxy) is 2. The Morgan fingerprint density at radius 3 is 2.11 bits per heavy atom. The largest absolute Gasteiger partial charge is 0.493 e. The van der Waals surface area contributed by atoms with Gasteiger partial charge in [0.1, 0.15) is 0 Å².